The lowest BCUT2D eigenvalue weighted by molar-refractivity contribution is 0.130. The molecule has 0 spiro atoms. The molecule has 1 aromatic carbocycles. The van der Waals surface area contributed by atoms with Gasteiger partial charge in [0.1, 0.15) is 0 Å². The monoisotopic (exact) mass is 310 g/mol. The molecular formula is C17H27ClN2O. The van der Waals surface area contributed by atoms with E-state index in [4.69, 9.17) is 16.7 Å². The van der Waals surface area contributed by atoms with Crippen molar-refractivity contribution in [2.45, 2.75) is 32.6 Å². The summed E-state index contributed by atoms with van der Waals surface area (Å²) < 4.78 is 0. The Kier molecular flexibility index (Phi) is 6.81. The number of likely N-dealkylation sites (tertiary alicyclic amines) is 1. The number of aliphatic hydroxyl groups is 1. The van der Waals surface area contributed by atoms with Crippen molar-refractivity contribution in [2.75, 3.05) is 38.1 Å². The van der Waals surface area contributed by atoms with Gasteiger partial charge < -0.3 is 15.3 Å². The molecule has 1 aliphatic rings. The van der Waals surface area contributed by atoms with E-state index in [9.17, 15) is 0 Å². The minimum atomic E-state index is 0.356. The number of aryl methyl sites for hydroxylation is 1. The van der Waals surface area contributed by atoms with Crippen LogP contribution in [-0.2, 0) is 0 Å². The van der Waals surface area contributed by atoms with Gasteiger partial charge in [0.15, 0.2) is 0 Å². The lowest BCUT2D eigenvalue weighted by Gasteiger charge is -2.30. The fraction of sp³-hybridized carbons (Fsp3) is 0.647. The number of hydrogen-bond acceptors (Lipinski definition) is 3. The molecule has 0 unspecified atom stereocenters. The third kappa shape index (κ3) is 5.17. The molecule has 1 heterocycles. The highest BCUT2D eigenvalue weighted by molar-refractivity contribution is 6.33. The van der Waals surface area contributed by atoms with Gasteiger partial charge >= 0.3 is 0 Å². The predicted octanol–water partition coefficient (Wildman–Crippen LogP) is 3.54. The summed E-state index contributed by atoms with van der Waals surface area (Å²) in [6.07, 6.45) is 4.66. The summed E-state index contributed by atoms with van der Waals surface area (Å²) in [4.78, 5) is 2.52. The largest absolute Gasteiger partial charge is 0.396 e. The first kappa shape index (κ1) is 16.6. The van der Waals surface area contributed by atoms with E-state index in [-0.39, 0.29) is 0 Å². The number of nitrogens with one attached hydrogen (secondary N) is 1. The van der Waals surface area contributed by atoms with Crippen LogP contribution in [0, 0.1) is 12.8 Å². The third-order valence-electron chi connectivity index (χ3n) is 4.37. The summed E-state index contributed by atoms with van der Waals surface area (Å²) in [5.74, 6) is 0.534. The lowest BCUT2D eigenvalue weighted by atomic mass is 9.98. The van der Waals surface area contributed by atoms with E-state index >= 15 is 0 Å². The Morgan fingerprint density at radius 1 is 1.29 bits per heavy atom. The molecule has 1 aromatic rings. The number of nitrogens with zero attached hydrogens (tertiary/aromatic N) is 1. The molecule has 0 saturated carbocycles. The summed E-state index contributed by atoms with van der Waals surface area (Å²) in [5, 5.41) is 13.4. The predicted molar refractivity (Wildman–Crippen MR) is 90.2 cm³/mol. The maximum atomic E-state index is 9.14. The molecule has 1 aliphatic heterocycles. The van der Waals surface area contributed by atoms with Crippen molar-refractivity contribution in [2.24, 2.45) is 5.92 Å². The van der Waals surface area contributed by atoms with Crippen LogP contribution in [0.25, 0.3) is 0 Å². The van der Waals surface area contributed by atoms with E-state index in [1.807, 2.05) is 25.1 Å². The van der Waals surface area contributed by atoms with E-state index in [1.165, 1.54) is 13.0 Å². The molecule has 21 heavy (non-hydrogen) atoms. The first-order valence-corrected chi connectivity index (χ1v) is 8.40. The van der Waals surface area contributed by atoms with Crippen molar-refractivity contribution in [3.8, 4) is 0 Å². The van der Waals surface area contributed by atoms with Gasteiger partial charge in [0.2, 0.25) is 0 Å². The Morgan fingerprint density at radius 2 is 2.05 bits per heavy atom. The van der Waals surface area contributed by atoms with Crippen molar-refractivity contribution in [1.29, 1.82) is 0 Å². The SMILES string of the molecule is Cc1cccc(NCCCCN2CCC(CO)CC2)c1Cl. The average Bonchev–Trinajstić information content (AvgIpc) is 2.51. The van der Waals surface area contributed by atoms with Crippen LogP contribution in [0.2, 0.25) is 5.02 Å². The molecule has 1 saturated heterocycles. The number of benzene rings is 1. The molecule has 2 rings (SSSR count). The van der Waals surface area contributed by atoms with E-state index in [0.29, 0.717) is 12.5 Å². The van der Waals surface area contributed by atoms with Crippen molar-refractivity contribution < 1.29 is 5.11 Å². The van der Waals surface area contributed by atoms with Gasteiger partial charge in [-0.05, 0) is 69.8 Å². The number of rotatable bonds is 7. The summed E-state index contributed by atoms with van der Waals surface area (Å²) in [6.45, 7) is 6.81. The highest BCUT2D eigenvalue weighted by Crippen LogP contribution is 2.25. The zero-order chi connectivity index (χ0) is 15.1. The van der Waals surface area contributed by atoms with Crippen LogP contribution in [-0.4, -0.2) is 42.8 Å². The molecule has 0 atom stereocenters. The summed E-state index contributed by atoms with van der Waals surface area (Å²) in [6, 6.07) is 6.10. The number of halogens is 1. The molecule has 4 heteroatoms. The molecular weight excluding hydrogens is 284 g/mol. The van der Waals surface area contributed by atoms with Crippen molar-refractivity contribution in [3.63, 3.8) is 0 Å². The second-order valence-electron chi connectivity index (χ2n) is 6.04. The summed E-state index contributed by atoms with van der Waals surface area (Å²) in [7, 11) is 0. The fourth-order valence-electron chi connectivity index (χ4n) is 2.86. The van der Waals surface area contributed by atoms with E-state index in [2.05, 4.69) is 10.2 Å². The minimum absolute atomic E-state index is 0.356. The van der Waals surface area contributed by atoms with E-state index < -0.39 is 0 Å². The number of hydrogen-bond donors (Lipinski definition) is 2. The molecule has 3 nitrogen and oxygen atoms in total. The van der Waals surface area contributed by atoms with Gasteiger partial charge in [-0.3, -0.25) is 0 Å². The zero-order valence-corrected chi connectivity index (χ0v) is 13.7. The molecule has 0 aromatic heterocycles. The maximum Gasteiger partial charge on any atom is 0.0666 e. The van der Waals surface area contributed by atoms with Gasteiger partial charge in [-0.1, -0.05) is 23.7 Å². The number of unbranched alkanes of at least 4 members (excludes halogenated alkanes) is 1. The van der Waals surface area contributed by atoms with E-state index in [1.54, 1.807) is 0 Å². The Bertz CT molecular complexity index is 431. The fourth-order valence-corrected chi connectivity index (χ4v) is 3.05. The summed E-state index contributed by atoms with van der Waals surface area (Å²) in [5.41, 5.74) is 2.16. The smallest absolute Gasteiger partial charge is 0.0666 e. The van der Waals surface area contributed by atoms with Gasteiger partial charge in [-0.15, -0.1) is 0 Å². The Hall–Kier alpha value is -0.770. The standard InChI is InChI=1S/C17H27ClN2O/c1-14-5-4-6-16(17(14)18)19-9-2-3-10-20-11-7-15(13-21)8-12-20/h4-6,15,19,21H,2-3,7-13H2,1H3. The van der Waals surface area contributed by atoms with Crippen LogP contribution in [0.4, 0.5) is 5.69 Å². The van der Waals surface area contributed by atoms with Crippen molar-refractivity contribution >= 4 is 17.3 Å². The van der Waals surface area contributed by atoms with Crippen LogP contribution < -0.4 is 5.32 Å². The van der Waals surface area contributed by atoms with Gasteiger partial charge in [0, 0.05) is 13.2 Å². The molecule has 0 aliphatic carbocycles. The minimum Gasteiger partial charge on any atom is -0.396 e. The van der Waals surface area contributed by atoms with Crippen LogP contribution in [0.3, 0.4) is 0 Å². The quantitative estimate of drug-likeness (QED) is 0.756. The zero-order valence-electron chi connectivity index (χ0n) is 12.9. The molecule has 1 fully saturated rings. The second kappa shape index (κ2) is 8.62. The first-order valence-electron chi connectivity index (χ1n) is 8.03. The van der Waals surface area contributed by atoms with Gasteiger partial charge in [0.25, 0.3) is 0 Å². The topological polar surface area (TPSA) is 35.5 Å². The Balaban J connectivity index is 1.59. The van der Waals surface area contributed by atoms with Crippen LogP contribution in [0.1, 0.15) is 31.2 Å². The van der Waals surface area contributed by atoms with Gasteiger partial charge in [-0.25, -0.2) is 0 Å². The average molecular weight is 311 g/mol. The van der Waals surface area contributed by atoms with Crippen LogP contribution in [0.15, 0.2) is 18.2 Å². The van der Waals surface area contributed by atoms with Crippen LogP contribution >= 0.6 is 11.6 Å². The highest BCUT2D eigenvalue weighted by atomic mass is 35.5. The normalized spacial score (nSPS) is 17.1. The van der Waals surface area contributed by atoms with Crippen molar-refractivity contribution in [1.82, 2.24) is 4.90 Å². The van der Waals surface area contributed by atoms with E-state index in [0.717, 1.165) is 55.2 Å². The number of piperidine rings is 1. The van der Waals surface area contributed by atoms with Gasteiger partial charge in [-0.2, -0.15) is 0 Å². The number of anilines is 1. The third-order valence-corrected chi connectivity index (χ3v) is 4.88. The molecule has 0 bridgehead atoms. The lowest BCUT2D eigenvalue weighted by Crippen LogP contribution is -2.35. The highest BCUT2D eigenvalue weighted by Gasteiger charge is 2.17. The molecule has 0 radical (unpaired) electrons. The van der Waals surface area contributed by atoms with Crippen LogP contribution in [0.5, 0.6) is 0 Å². The molecule has 2 N–H and O–H groups in total. The van der Waals surface area contributed by atoms with Gasteiger partial charge in [0.05, 0.1) is 10.7 Å². The number of aliphatic hydroxyl groups excluding tert-OH is 1. The first-order chi connectivity index (χ1) is 10.2. The molecule has 118 valence electrons. The molecule has 0 amide bonds. The Morgan fingerprint density at radius 3 is 2.76 bits per heavy atom. The summed E-state index contributed by atoms with van der Waals surface area (Å²) >= 11 is 6.26. The van der Waals surface area contributed by atoms with Crippen molar-refractivity contribution in [3.05, 3.63) is 28.8 Å². The Labute approximate surface area is 133 Å². The maximum absolute atomic E-state index is 9.14. The second-order valence-corrected chi connectivity index (χ2v) is 6.42.